The van der Waals surface area contributed by atoms with E-state index in [0.29, 0.717) is 12.0 Å². The third-order valence-corrected chi connectivity index (χ3v) is 8.57. The molecule has 0 bridgehead atoms. The van der Waals surface area contributed by atoms with E-state index in [1.807, 2.05) is 82.4 Å². The van der Waals surface area contributed by atoms with E-state index in [1.54, 1.807) is 4.90 Å². The summed E-state index contributed by atoms with van der Waals surface area (Å²) < 4.78 is 0. The van der Waals surface area contributed by atoms with Crippen molar-refractivity contribution in [2.45, 2.75) is 71.4 Å². The van der Waals surface area contributed by atoms with E-state index in [1.165, 1.54) is 0 Å². The Kier molecular flexibility index (Phi) is 7.09. The van der Waals surface area contributed by atoms with Crippen molar-refractivity contribution >= 4 is 11.9 Å². The molecule has 41 heavy (non-hydrogen) atoms. The van der Waals surface area contributed by atoms with Crippen LogP contribution in [0.5, 0.6) is 0 Å². The van der Waals surface area contributed by atoms with Gasteiger partial charge in [-0.05, 0) is 63.6 Å². The van der Waals surface area contributed by atoms with E-state index in [0.717, 1.165) is 58.5 Å². The molecule has 3 aromatic rings. The highest BCUT2D eigenvalue weighted by molar-refractivity contribution is 6.12. The fourth-order valence-electron chi connectivity index (χ4n) is 6.60. The summed E-state index contributed by atoms with van der Waals surface area (Å²) in [5, 5.41) is 10.2. The number of hydrogen-bond donors (Lipinski definition) is 1. The van der Waals surface area contributed by atoms with Crippen molar-refractivity contribution in [3.05, 3.63) is 89.3 Å². The number of carbonyl (C=O) groups is 2. The average molecular weight is 552 g/mol. The predicted octanol–water partition coefficient (Wildman–Crippen LogP) is 7.78. The van der Waals surface area contributed by atoms with Crippen LogP contribution in [0.15, 0.2) is 72.4 Å². The normalized spacial score (nSPS) is 18.4. The predicted molar refractivity (Wildman–Crippen MR) is 164 cm³/mol. The third kappa shape index (κ3) is 5.05. The highest BCUT2D eigenvalue weighted by Gasteiger charge is 2.50. The summed E-state index contributed by atoms with van der Waals surface area (Å²) in [5.74, 6) is 0.0272. The van der Waals surface area contributed by atoms with Crippen LogP contribution in [0, 0.1) is 5.41 Å². The zero-order valence-electron chi connectivity index (χ0n) is 25.3. The molecule has 2 aliphatic carbocycles. The number of Topliss-reactive ketones (excluding diaryl/α,β-unsaturated/α-hetero) is 1. The molecule has 0 aliphatic heterocycles. The number of allylic oxidation sites excluding steroid dienone is 1. The lowest BCUT2D eigenvalue weighted by Crippen LogP contribution is -2.60. The Bertz CT molecular complexity index is 1510. The molecule has 1 saturated carbocycles. The van der Waals surface area contributed by atoms with Gasteiger partial charge in [0.1, 0.15) is 0 Å². The molecular weight excluding hydrogens is 510 g/mol. The molecule has 1 N–H and O–H groups in total. The van der Waals surface area contributed by atoms with Crippen LogP contribution in [0.2, 0.25) is 0 Å². The first-order chi connectivity index (χ1) is 19.2. The summed E-state index contributed by atoms with van der Waals surface area (Å²) in [5.41, 5.74) is 5.57. The molecule has 1 amide bonds. The van der Waals surface area contributed by atoms with E-state index >= 15 is 0 Å². The zero-order chi connectivity index (χ0) is 29.7. The highest BCUT2D eigenvalue weighted by atomic mass is 16.4. The molecular formula is C35H41N3O3. The number of carboxylic acid groups (broad SMARTS) is 1. The second kappa shape index (κ2) is 10.2. The maximum atomic E-state index is 13.8. The monoisotopic (exact) mass is 551 g/mol. The number of rotatable bonds is 5. The van der Waals surface area contributed by atoms with Gasteiger partial charge in [0.25, 0.3) is 0 Å². The van der Waals surface area contributed by atoms with Crippen LogP contribution in [-0.4, -0.2) is 51.4 Å². The molecule has 0 atom stereocenters. The Morgan fingerprint density at radius 3 is 2.10 bits per heavy atom. The van der Waals surface area contributed by atoms with E-state index in [-0.39, 0.29) is 11.2 Å². The third-order valence-electron chi connectivity index (χ3n) is 8.57. The molecule has 1 fully saturated rings. The number of carbonyl (C=O) groups excluding carboxylic acids is 1. The Hall–Kier alpha value is -3.93. The van der Waals surface area contributed by atoms with Crippen molar-refractivity contribution < 1.29 is 14.7 Å². The van der Waals surface area contributed by atoms with Gasteiger partial charge in [0, 0.05) is 53.5 Å². The van der Waals surface area contributed by atoms with Crippen molar-refractivity contribution in [1.82, 2.24) is 14.8 Å². The summed E-state index contributed by atoms with van der Waals surface area (Å²) >= 11 is 0. The van der Waals surface area contributed by atoms with Gasteiger partial charge in [-0.3, -0.25) is 14.7 Å². The summed E-state index contributed by atoms with van der Waals surface area (Å²) in [6.07, 6.45) is 4.33. The number of hydrogen-bond acceptors (Lipinski definition) is 4. The van der Waals surface area contributed by atoms with Crippen LogP contribution in [0.1, 0.15) is 75.5 Å². The van der Waals surface area contributed by atoms with E-state index in [2.05, 4.69) is 38.1 Å². The quantitative estimate of drug-likeness (QED) is 0.328. The van der Waals surface area contributed by atoms with Gasteiger partial charge in [0.2, 0.25) is 0 Å². The summed E-state index contributed by atoms with van der Waals surface area (Å²) in [6.45, 7) is 10.1. The molecule has 5 rings (SSSR count). The van der Waals surface area contributed by atoms with E-state index in [9.17, 15) is 14.7 Å². The number of aromatic nitrogens is 1. The zero-order valence-corrected chi connectivity index (χ0v) is 25.3. The lowest BCUT2D eigenvalue weighted by molar-refractivity contribution is -0.0328. The van der Waals surface area contributed by atoms with Gasteiger partial charge in [-0.2, -0.15) is 0 Å². The highest BCUT2D eigenvalue weighted by Crippen LogP contribution is 2.50. The van der Waals surface area contributed by atoms with Crippen LogP contribution in [-0.2, 0) is 12.0 Å². The van der Waals surface area contributed by atoms with E-state index < -0.39 is 17.2 Å². The maximum absolute atomic E-state index is 13.8. The molecule has 0 unspecified atom stereocenters. The van der Waals surface area contributed by atoms with Crippen LogP contribution in [0.25, 0.3) is 22.4 Å². The first-order valence-electron chi connectivity index (χ1n) is 14.4. The number of pyridine rings is 1. The van der Waals surface area contributed by atoms with Gasteiger partial charge in [0.15, 0.2) is 5.78 Å². The van der Waals surface area contributed by atoms with Crippen molar-refractivity contribution in [2.75, 3.05) is 14.1 Å². The van der Waals surface area contributed by atoms with Gasteiger partial charge >= 0.3 is 6.09 Å². The minimum atomic E-state index is -0.890. The van der Waals surface area contributed by atoms with Gasteiger partial charge < -0.3 is 10.0 Å². The number of amides is 1. The molecule has 6 heteroatoms. The first kappa shape index (κ1) is 28.6. The number of ketones is 1. The molecule has 0 saturated heterocycles. The van der Waals surface area contributed by atoms with Crippen molar-refractivity contribution in [1.29, 1.82) is 0 Å². The van der Waals surface area contributed by atoms with Crippen molar-refractivity contribution in [2.24, 2.45) is 5.41 Å². The Morgan fingerprint density at radius 1 is 0.951 bits per heavy atom. The average Bonchev–Trinajstić information content (AvgIpc) is 2.87. The lowest BCUT2D eigenvalue weighted by atomic mass is 9.69. The molecule has 214 valence electrons. The van der Waals surface area contributed by atoms with Gasteiger partial charge in [0.05, 0.1) is 16.9 Å². The van der Waals surface area contributed by atoms with Crippen LogP contribution >= 0.6 is 0 Å². The van der Waals surface area contributed by atoms with Gasteiger partial charge in [-0.1, -0.05) is 68.4 Å². The Balaban J connectivity index is 1.64. The van der Waals surface area contributed by atoms with Gasteiger partial charge in [-0.25, -0.2) is 4.79 Å². The van der Waals surface area contributed by atoms with Crippen LogP contribution in [0.4, 0.5) is 4.79 Å². The Labute approximate surface area is 243 Å². The topological polar surface area (TPSA) is 73.7 Å². The minimum Gasteiger partial charge on any atom is -0.465 e. The molecule has 1 aromatic heterocycles. The fourth-order valence-corrected chi connectivity index (χ4v) is 6.60. The van der Waals surface area contributed by atoms with Crippen molar-refractivity contribution in [3.8, 4) is 22.4 Å². The number of benzene rings is 2. The molecule has 0 spiro atoms. The second-order valence-corrected chi connectivity index (χ2v) is 13.4. The Morgan fingerprint density at radius 2 is 1.59 bits per heavy atom. The van der Waals surface area contributed by atoms with Crippen LogP contribution < -0.4 is 0 Å². The van der Waals surface area contributed by atoms with E-state index in [4.69, 9.17) is 4.98 Å². The van der Waals surface area contributed by atoms with Gasteiger partial charge in [-0.15, -0.1) is 0 Å². The maximum Gasteiger partial charge on any atom is 0.408 e. The summed E-state index contributed by atoms with van der Waals surface area (Å²) in [4.78, 5) is 35.0. The molecule has 2 aromatic carbocycles. The SMILES string of the molecule is CN(C)C=C1C(=O)c2cc(-c3ccccc3)c(-c3ccc(C4(N(C(=O)O)C(C)(C)C)CCC4)cc3)nc2CC1(C)C. The molecule has 0 radical (unpaired) electrons. The summed E-state index contributed by atoms with van der Waals surface area (Å²) in [6, 6.07) is 20.3. The molecule has 2 aliphatic rings. The molecule has 6 nitrogen and oxygen atoms in total. The largest absolute Gasteiger partial charge is 0.465 e. The smallest absolute Gasteiger partial charge is 0.408 e. The number of fused-ring (bicyclic) bond motifs is 1. The standard InChI is InChI=1S/C35H41N3O3/c1-33(2,3)38(32(40)41)35(18-11-19-35)25-16-14-24(15-17-25)30-26(23-12-9-8-10-13-23)20-27-29(36-30)21-34(4,5)28(31(27)39)22-37(6)7/h8-10,12-17,20,22H,11,18-19,21H2,1-7H3,(H,40,41). The molecule has 1 heterocycles. The minimum absolute atomic E-state index is 0.0272. The second-order valence-electron chi connectivity index (χ2n) is 13.4. The lowest BCUT2D eigenvalue weighted by Gasteiger charge is -2.54. The van der Waals surface area contributed by atoms with Crippen molar-refractivity contribution in [3.63, 3.8) is 0 Å². The fraction of sp³-hybridized carbons (Fsp3) is 0.400. The summed E-state index contributed by atoms with van der Waals surface area (Å²) in [7, 11) is 3.88. The van der Waals surface area contributed by atoms with Crippen LogP contribution in [0.3, 0.4) is 0 Å². The number of nitrogens with zero attached hydrogens (tertiary/aromatic N) is 3. The first-order valence-corrected chi connectivity index (χ1v) is 14.4.